The number of rotatable bonds is 8. The molecule has 152 valence electrons. The highest BCUT2D eigenvalue weighted by atomic mass is 16.6. The van der Waals surface area contributed by atoms with Crippen LogP contribution in [-0.4, -0.2) is 30.9 Å². The predicted molar refractivity (Wildman–Crippen MR) is 113 cm³/mol. The minimum absolute atomic E-state index is 0.138. The molecular formula is C24H21NO5. The molecule has 0 aliphatic rings. The van der Waals surface area contributed by atoms with Gasteiger partial charge in [0.05, 0.1) is 17.6 Å². The van der Waals surface area contributed by atoms with Crippen molar-refractivity contribution in [1.29, 1.82) is 0 Å². The lowest BCUT2D eigenvalue weighted by Crippen LogP contribution is -2.12. The molecule has 0 spiro atoms. The topological polar surface area (TPSA) is 70.8 Å². The summed E-state index contributed by atoms with van der Waals surface area (Å²) in [5.41, 5.74) is 2.02. The third-order valence-corrected chi connectivity index (χ3v) is 4.47. The van der Waals surface area contributed by atoms with Gasteiger partial charge in [-0.25, -0.2) is 4.79 Å². The molecule has 0 atom stereocenters. The van der Waals surface area contributed by atoms with Crippen LogP contribution in [0.25, 0.3) is 22.2 Å². The van der Waals surface area contributed by atoms with Gasteiger partial charge in [-0.1, -0.05) is 35.5 Å². The van der Waals surface area contributed by atoms with E-state index in [0.29, 0.717) is 29.2 Å². The van der Waals surface area contributed by atoms with E-state index in [1.807, 2.05) is 61.5 Å². The number of carbonyl (C=O) groups excluding carboxylic acids is 1. The summed E-state index contributed by atoms with van der Waals surface area (Å²) in [4.78, 5) is 12.4. The molecule has 0 unspecified atom stereocenters. The smallest absolute Gasteiger partial charge is 0.338 e. The van der Waals surface area contributed by atoms with Crippen LogP contribution in [0.2, 0.25) is 0 Å². The fraction of sp³-hybridized carbons (Fsp3) is 0.167. The molecule has 3 aromatic carbocycles. The first-order valence-electron chi connectivity index (χ1n) is 9.72. The average Bonchev–Trinajstić information content (AvgIpc) is 3.22. The number of carbonyl (C=O) groups is 1. The lowest BCUT2D eigenvalue weighted by molar-refractivity contribution is 0.0450. The molecule has 4 aromatic rings. The van der Waals surface area contributed by atoms with Crippen LogP contribution in [-0.2, 0) is 4.74 Å². The Morgan fingerprint density at radius 3 is 2.37 bits per heavy atom. The van der Waals surface area contributed by atoms with Crippen molar-refractivity contribution in [2.45, 2.75) is 6.92 Å². The Hall–Kier alpha value is -3.80. The van der Waals surface area contributed by atoms with E-state index >= 15 is 0 Å². The predicted octanol–water partition coefficient (Wildman–Crippen LogP) is 5.13. The molecule has 30 heavy (non-hydrogen) atoms. The Bertz CT molecular complexity index is 1120. The number of fused-ring (bicyclic) bond motifs is 1. The summed E-state index contributed by atoms with van der Waals surface area (Å²) in [6.07, 6.45) is 0. The maximum absolute atomic E-state index is 12.4. The summed E-state index contributed by atoms with van der Waals surface area (Å²) in [7, 11) is 0. The molecule has 0 aliphatic heterocycles. The third-order valence-electron chi connectivity index (χ3n) is 4.47. The first kappa shape index (κ1) is 19.5. The fourth-order valence-corrected chi connectivity index (χ4v) is 3.04. The summed E-state index contributed by atoms with van der Waals surface area (Å²) in [5.74, 6) is 1.68. The third kappa shape index (κ3) is 4.43. The van der Waals surface area contributed by atoms with Crippen molar-refractivity contribution in [2.24, 2.45) is 0 Å². The van der Waals surface area contributed by atoms with Crippen LogP contribution in [0.15, 0.2) is 77.3 Å². The Labute approximate surface area is 174 Å². The van der Waals surface area contributed by atoms with Crippen LogP contribution >= 0.6 is 0 Å². The van der Waals surface area contributed by atoms with Crippen LogP contribution in [0.3, 0.4) is 0 Å². The minimum atomic E-state index is -0.424. The van der Waals surface area contributed by atoms with E-state index in [9.17, 15) is 4.79 Å². The van der Waals surface area contributed by atoms with Crippen molar-refractivity contribution in [3.63, 3.8) is 0 Å². The lowest BCUT2D eigenvalue weighted by atomic mass is 10.1. The number of esters is 1. The molecule has 0 bridgehead atoms. The number of nitrogens with zero attached hydrogens (tertiary/aromatic N) is 1. The van der Waals surface area contributed by atoms with Gasteiger partial charge in [-0.2, -0.15) is 0 Å². The summed E-state index contributed by atoms with van der Waals surface area (Å²) in [6, 6.07) is 22.1. The second kappa shape index (κ2) is 9.13. The van der Waals surface area contributed by atoms with Crippen molar-refractivity contribution in [1.82, 2.24) is 5.16 Å². The Morgan fingerprint density at radius 1 is 0.900 bits per heavy atom. The summed E-state index contributed by atoms with van der Waals surface area (Å²) in [5, 5.41) is 4.83. The van der Waals surface area contributed by atoms with Crippen LogP contribution in [0, 0.1) is 0 Å². The molecule has 0 N–H and O–H groups in total. The van der Waals surface area contributed by atoms with Crippen molar-refractivity contribution >= 4 is 16.9 Å². The number of benzene rings is 3. The van der Waals surface area contributed by atoms with Gasteiger partial charge in [-0.15, -0.1) is 0 Å². The monoisotopic (exact) mass is 403 g/mol. The molecule has 1 heterocycles. The molecule has 0 saturated heterocycles. The highest BCUT2D eigenvalue weighted by Crippen LogP contribution is 2.29. The van der Waals surface area contributed by atoms with Crippen molar-refractivity contribution < 1.29 is 23.5 Å². The van der Waals surface area contributed by atoms with Gasteiger partial charge in [0.25, 0.3) is 0 Å². The van der Waals surface area contributed by atoms with Crippen molar-refractivity contribution in [2.75, 3.05) is 19.8 Å². The molecule has 4 rings (SSSR count). The van der Waals surface area contributed by atoms with Gasteiger partial charge in [0.2, 0.25) is 0 Å². The van der Waals surface area contributed by atoms with Crippen LogP contribution in [0.1, 0.15) is 17.3 Å². The van der Waals surface area contributed by atoms with E-state index in [-0.39, 0.29) is 13.2 Å². The molecule has 0 fully saturated rings. The Balaban J connectivity index is 1.36. The Kier molecular flexibility index (Phi) is 5.94. The molecule has 0 saturated carbocycles. The first-order chi connectivity index (χ1) is 14.7. The van der Waals surface area contributed by atoms with Gasteiger partial charge in [-0.3, -0.25) is 0 Å². The maximum Gasteiger partial charge on any atom is 0.338 e. The quantitative estimate of drug-likeness (QED) is 0.300. The number of ether oxygens (including phenoxy) is 3. The summed E-state index contributed by atoms with van der Waals surface area (Å²) >= 11 is 0. The minimum Gasteiger partial charge on any atom is -0.494 e. The van der Waals surface area contributed by atoms with Gasteiger partial charge in [-0.05, 0) is 49.4 Å². The van der Waals surface area contributed by atoms with Crippen molar-refractivity contribution in [3.8, 4) is 22.8 Å². The van der Waals surface area contributed by atoms with Crippen LogP contribution < -0.4 is 9.47 Å². The normalized spacial score (nSPS) is 10.7. The molecule has 0 aliphatic carbocycles. The second-order valence-electron chi connectivity index (χ2n) is 6.50. The van der Waals surface area contributed by atoms with Gasteiger partial charge in [0, 0.05) is 5.56 Å². The largest absolute Gasteiger partial charge is 0.494 e. The fourth-order valence-electron chi connectivity index (χ4n) is 3.04. The molecule has 0 radical (unpaired) electrons. The Morgan fingerprint density at radius 2 is 1.63 bits per heavy atom. The van der Waals surface area contributed by atoms with E-state index in [0.717, 1.165) is 16.7 Å². The molecule has 6 nitrogen and oxygen atoms in total. The highest BCUT2D eigenvalue weighted by Gasteiger charge is 2.14. The van der Waals surface area contributed by atoms with E-state index in [1.54, 1.807) is 18.2 Å². The standard InChI is InChI=1S/C24H21NO5/c1-2-27-19-9-11-20(12-10-19)28-14-15-29-24(26)18-8-13-22-21(16-18)23(30-25-22)17-6-4-3-5-7-17/h3-13,16H,2,14-15H2,1H3. The molecule has 0 amide bonds. The van der Waals surface area contributed by atoms with Crippen molar-refractivity contribution in [3.05, 3.63) is 78.4 Å². The van der Waals surface area contributed by atoms with Crippen LogP contribution in [0.4, 0.5) is 0 Å². The zero-order chi connectivity index (χ0) is 20.8. The van der Waals surface area contributed by atoms with E-state index in [1.165, 1.54) is 0 Å². The van der Waals surface area contributed by atoms with Gasteiger partial charge >= 0.3 is 5.97 Å². The van der Waals surface area contributed by atoms with Gasteiger partial charge in [0.15, 0.2) is 5.76 Å². The number of aromatic nitrogens is 1. The zero-order valence-corrected chi connectivity index (χ0v) is 16.5. The molecule has 6 heteroatoms. The average molecular weight is 403 g/mol. The maximum atomic E-state index is 12.4. The first-order valence-corrected chi connectivity index (χ1v) is 9.72. The summed E-state index contributed by atoms with van der Waals surface area (Å²) in [6.45, 7) is 2.94. The highest BCUT2D eigenvalue weighted by molar-refractivity contribution is 5.98. The summed E-state index contributed by atoms with van der Waals surface area (Å²) < 4.78 is 21.8. The van der Waals surface area contributed by atoms with Gasteiger partial charge < -0.3 is 18.7 Å². The van der Waals surface area contributed by atoms with E-state index < -0.39 is 5.97 Å². The second-order valence-corrected chi connectivity index (χ2v) is 6.50. The van der Waals surface area contributed by atoms with E-state index in [4.69, 9.17) is 18.7 Å². The van der Waals surface area contributed by atoms with E-state index in [2.05, 4.69) is 5.16 Å². The number of hydrogen-bond acceptors (Lipinski definition) is 6. The van der Waals surface area contributed by atoms with Gasteiger partial charge in [0.1, 0.15) is 30.2 Å². The molecular weight excluding hydrogens is 382 g/mol. The number of hydrogen-bond donors (Lipinski definition) is 0. The zero-order valence-electron chi connectivity index (χ0n) is 16.5. The SMILES string of the molecule is CCOc1ccc(OCCOC(=O)c2ccc3noc(-c4ccccc4)c3c2)cc1. The molecule has 1 aromatic heterocycles. The van der Waals surface area contributed by atoms with Crippen LogP contribution in [0.5, 0.6) is 11.5 Å². The lowest BCUT2D eigenvalue weighted by Gasteiger charge is -2.08.